The highest BCUT2D eigenvalue weighted by Crippen LogP contribution is 2.34. The highest BCUT2D eigenvalue weighted by atomic mass is 32.2. The molecule has 34 heavy (non-hydrogen) atoms. The second kappa shape index (κ2) is 12.2. The second-order valence-electron chi connectivity index (χ2n) is 8.09. The van der Waals surface area contributed by atoms with Crippen LogP contribution in [0.15, 0.2) is 17.8 Å². The molecule has 11 heteroatoms. The van der Waals surface area contributed by atoms with Gasteiger partial charge in [-0.2, -0.15) is 0 Å². The lowest BCUT2D eigenvalue weighted by Crippen LogP contribution is -2.17. The summed E-state index contributed by atoms with van der Waals surface area (Å²) in [7, 11) is 2.51. The van der Waals surface area contributed by atoms with Crippen LogP contribution in [0.3, 0.4) is 0 Å². The van der Waals surface area contributed by atoms with Crippen molar-refractivity contribution in [1.29, 1.82) is 0 Å². The van der Waals surface area contributed by atoms with Crippen LogP contribution in [0.4, 0.5) is 5.00 Å². The number of thiophene rings is 1. The molecule has 184 valence electrons. The number of nitrogens with zero attached hydrogens (tertiary/aromatic N) is 3. The molecule has 2 aromatic heterocycles. The molecule has 3 rings (SSSR count). The monoisotopic (exact) mass is 506 g/mol. The molecule has 1 amide bonds. The van der Waals surface area contributed by atoms with Gasteiger partial charge in [-0.25, -0.2) is 9.59 Å². The van der Waals surface area contributed by atoms with Crippen molar-refractivity contribution in [1.82, 2.24) is 14.8 Å². The Morgan fingerprint density at radius 2 is 1.88 bits per heavy atom. The van der Waals surface area contributed by atoms with Gasteiger partial charge in [-0.3, -0.25) is 4.79 Å². The molecule has 0 radical (unpaired) electrons. The molecule has 1 fully saturated rings. The van der Waals surface area contributed by atoms with Gasteiger partial charge in [-0.1, -0.05) is 49.9 Å². The van der Waals surface area contributed by atoms with Crippen molar-refractivity contribution in [3.05, 3.63) is 34.5 Å². The zero-order valence-electron chi connectivity index (χ0n) is 19.7. The second-order valence-corrected chi connectivity index (χ2v) is 10.0. The van der Waals surface area contributed by atoms with Gasteiger partial charge >= 0.3 is 11.9 Å². The summed E-state index contributed by atoms with van der Waals surface area (Å²) >= 11 is 2.25. The fraction of sp³-hybridized carbons (Fsp3) is 0.522. The molecular weight excluding hydrogens is 476 g/mol. The van der Waals surface area contributed by atoms with E-state index < -0.39 is 11.9 Å². The molecule has 0 aromatic carbocycles. The first kappa shape index (κ1) is 26.0. The van der Waals surface area contributed by atoms with Gasteiger partial charge in [0.15, 0.2) is 5.16 Å². The summed E-state index contributed by atoms with van der Waals surface area (Å²) in [6.07, 6.45) is 8.91. The smallest absolute Gasteiger partial charge is 0.348 e. The zero-order valence-corrected chi connectivity index (χ0v) is 21.4. The normalized spacial score (nSPS) is 14.0. The maximum absolute atomic E-state index is 12.7. The van der Waals surface area contributed by atoms with Gasteiger partial charge in [0.25, 0.3) is 0 Å². The van der Waals surface area contributed by atoms with Crippen molar-refractivity contribution in [2.75, 3.05) is 25.3 Å². The first-order chi connectivity index (χ1) is 16.4. The zero-order chi connectivity index (χ0) is 24.7. The van der Waals surface area contributed by atoms with Gasteiger partial charge in [-0.05, 0) is 18.4 Å². The van der Waals surface area contributed by atoms with Gasteiger partial charge < -0.3 is 19.4 Å². The van der Waals surface area contributed by atoms with Crippen LogP contribution in [0.1, 0.15) is 63.5 Å². The predicted octanol–water partition coefficient (Wildman–Crippen LogP) is 4.26. The third-order valence-electron chi connectivity index (χ3n) is 5.79. The van der Waals surface area contributed by atoms with Gasteiger partial charge in [-0.15, -0.1) is 28.1 Å². The summed E-state index contributed by atoms with van der Waals surface area (Å²) in [5.41, 5.74) is 0.556. The van der Waals surface area contributed by atoms with Crippen molar-refractivity contribution in [3.8, 4) is 0 Å². The summed E-state index contributed by atoms with van der Waals surface area (Å²) < 4.78 is 11.6. The van der Waals surface area contributed by atoms with Crippen molar-refractivity contribution in [3.63, 3.8) is 0 Å². The average molecular weight is 507 g/mol. The highest BCUT2D eigenvalue weighted by molar-refractivity contribution is 7.99. The minimum atomic E-state index is -0.634. The molecule has 0 bridgehead atoms. The van der Waals surface area contributed by atoms with Crippen LogP contribution in [0.2, 0.25) is 0 Å². The number of esters is 2. The van der Waals surface area contributed by atoms with Crippen LogP contribution in [0, 0.1) is 12.8 Å². The lowest BCUT2D eigenvalue weighted by molar-refractivity contribution is -0.113. The number of hydrogen-bond donors (Lipinski definition) is 1. The number of carbonyl (C=O) groups excluding carboxylic acids is 3. The van der Waals surface area contributed by atoms with E-state index in [-0.39, 0.29) is 27.1 Å². The average Bonchev–Trinajstić information content (AvgIpc) is 3.37. The number of rotatable bonds is 10. The number of amides is 1. The molecule has 0 saturated heterocycles. The lowest BCUT2D eigenvalue weighted by Gasteiger charge is -2.21. The third-order valence-corrected chi connectivity index (χ3v) is 7.95. The Morgan fingerprint density at radius 1 is 1.18 bits per heavy atom. The predicted molar refractivity (Wildman–Crippen MR) is 132 cm³/mol. The van der Waals surface area contributed by atoms with Crippen molar-refractivity contribution in [2.24, 2.45) is 5.92 Å². The third kappa shape index (κ3) is 6.06. The molecule has 9 nitrogen and oxygen atoms in total. The Balaban J connectivity index is 1.71. The number of anilines is 1. The fourth-order valence-corrected chi connectivity index (χ4v) is 5.96. The van der Waals surface area contributed by atoms with Crippen LogP contribution in [-0.2, 0) is 27.2 Å². The van der Waals surface area contributed by atoms with E-state index in [1.54, 1.807) is 13.0 Å². The number of thioether (sulfide) groups is 1. The summed E-state index contributed by atoms with van der Waals surface area (Å²) in [5, 5.41) is 12.3. The quantitative estimate of drug-likeness (QED) is 0.289. The molecule has 1 N–H and O–H groups in total. The van der Waals surface area contributed by atoms with Crippen LogP contribution in [0.5, 0.6) is 0 Å². The van der Waals surface area contributed by atoms with E-state index in [4.69, 9.17) is 9.47 Å². The summed E-state index contributed by atoms with van der Waals surface area (Å²) in [5.74, 6) is 0.0409. The Labute approximate surface area is 207 Å². The standard InChI is InChI=1S/C23H30N4O5S2/c1-5-11-27-16(12-15-9-7-6-8-10-15)25-26-23(27)33-13-17(28)24-20-18(21(29)31-3)14(2)19(34-20)22(30)32-4/h5,15H,1,6-13H2,2-4H3,(H,24,28). The van der Waals surface area contributed by atoms with E-state index >= 15 is 0 Å². The van der Waals surface area contributed by atoms with E-state index in [0.717, 1.165) is 23.6 Å². The Hall–Kier alpha value is -2.66. The fourth-order valence-electron chi connectivity index (χ4n) is 4.07. The molecule has 2 heterocycles. The molecule has 1 saturated carbocycles. The molecule has 0 unspecified atom stereocenters. The van der Waals surface area contributed by atoms with E-state index in [1.807, 2.05) is 4.57 Å². The highest BCUT2D eigenvalue weighted by Gasteiger charge is 2.27. The minimum Gasteiger partial charge on any atom is -0.465 e. The largest absolute Gasteiger partial charge is 0.465 e. The summed E-state index contributed by atoms with van der Waals surface area (Å²) in [4.78, 5) is 37.3. The molecule has 2 aromatic rings. The molecule has 0 atom stereocenters. The van der Waals surface area contributed by atoms with Crippen LogP contribution in [-0.4, -0.2) is 52.6 Å². The summed E-state index contributed by atoms with van der Waals surface area (Å²) in [6.45, 7) is 6.02. The van der Waals surface area contributed by atoms with E-state index in [9.17, 15) is 14.4 Å². The number of nitrogens with one attached hydrogen (secondary N) is 1. The lowest BCUT2D eigenvalue weighted by atomic mass is 9.87. The maximum atomic E-state index is 12.7. The maximum Gasteiger partial charge on any atom is 0.348 e. The first-order valence-corrected chi connectivity index (χ1v) is 12.9. The number of methoxy groups -OCH3 is 2. The van der Waals surface area contributed by atoms with Crippen LogP contribution < -0.4 is 5.32 Å². The van der Waals surface area contributed by atoms with E-state index in [1.165, 1.54) is 58.1 Å². The molecule has 0 aliphatic heterocycles. The molecule has 0 spiro atoms. The molecule has 1 aliphatic carbocycles. The number of allylic oxidation sites excluding steroid dienone is 1. The number of aromatic nitrogens is 3. The number of carbonyl (C=O) groups is 3. The van der Waals surface area contributed by atoms with Crippen molar-refractivity contribution >= 4 is 45.9 Å². The van der Waals surface area contributed by atoms with E-state index in [2.05, 4.69) is 22.1 Å². The van der Waals surface area contributed by atoms with Gasteiger partial charge in [0.2, 0.25) is 5.91 Å². The minimum absolute atomic E-state index is 0.0593. The first-order valence-electron chi connectivity index (χ1n) is 11.1. The SMILES string of the molecule is C=CCn1c(CC2CCCCC2)nnc1SCC(=O)Nc1sc(C(=O)OC)c(C)c1C(=O)OC. The Kier molecular flexibility index (Phi) is 9.28. The van der Waals surface area contributed by atoms with Crippen molar-refractivity contribution < 1.29 is 23.9 Å². The Bertz CT molecular complexity index is 1060. The number of hydrogen-bond acceptors (Lipinski definition) is 9. The van der Waals surface area contributed by atoms with E-state index in [0.29, 0.717) is 23.2 Å². The van der Waals surface area contributed by atoms with Crippen LogP contribution in [0.25, 0.3) is 0 Å². The van der Waals surface area contributed by atoms with Crippen LogP contribution >= 0.6 is 23.1 Å². The topological polar surface area (TPSA) is 112 Å². The molecule has 1 aliphatic rings. The van der Waals surface area contributed by atoms with Gasteiger partial charge in [0.05, 0.1) is 25.5 Å². The Morgan fingerprint density at radius 3 is 2.53 bits per heavy atom. The molecular formula is C23H30N4O5S2. The van der Waals surface area contributed by atoms with Gasteiger partial charge in [0, 0.05) is 13.0 Å². The van der Waals surface area contributed by atoms with Crippen molar-refractivity contribution in [2.45, 2.75) is 57.1 Å². The summed E-state index contributed by atoms with van der Waals surface area (Å²) in [6, 6.07) is 0. The van der Waals surface area contributed by atoms with Gasteiger partial charge in [0.1, 0.15) is 15.7 Å². The number of ether oxygens (including phenoxy) is 2.